The Morgan fingerprint density at radius 2 is 2.30 bits per heavy atom. The maximum Gasteiger partial charge on any atom is 0.244 e. The Morgan fingerprint density at radius 1 is 1.48 bits per heavy atom. The molecule has 2 aromatic rings. The second kappa shape index (κ2) is 7.67. The van der Waals surface area contributed by atoms with Crippen LogP contribution in [-0.4, -0.2) is 58.4 Å². The topological polar surface area (TPSA) is 72.3 Å². The van der Waals surface area contributed by atoms with Crippen LogP contribution in [0, 0.1) is 0 Å². The van der Waals surface area contributed by atoms with Crippen LogP contribution in [0.3, 0.4) is 0 Å². The van der Waals surface area contributed by atoms with Crippen LogP contribution < -0.4 is 5.32 Å². The van der Waals surface area contributed by atoms with E-state index in [2.05, 4.69) is 31.7 Å². The van der Waals surface area contributed by atoms with Gasteiger partial charge in [0.1, 0.15) is 18.7 Å². The lowest BCUT2D eigenvalue weighted by Gasteiger charge is -2.34. The van der Waals surface area contributed by atoms with E-state index in [0.717, 1.165) is 26.3 Å². The average molecular weight is 335 g/mol. The third-order valence-electron chi connectivity index (χ3n) is 4.04. The molecular weight excluding hydrogens is 314 g/mol. The van der Waals surface area contributed by atoms with Gasteiger partial charge >= 0.3 is 0 Å². The standard InChI is InChI=1S/C15H21N5O2S/c1-12(20-11-16-10-18-20)15(21)17-9-13(14-3-2-8-23-14)19-4-6-22-7-5-19/h2-3,8,10-13H,4-7,9H2,1H3,(H,17,21)/t12-,13-/m1/s1. The van der Waals surface area contributed by atoms with Crippen molar-refractivity contribution in [1.29, 1.82) is 0 Å². The SMILES string of the molecule is C[C@H](C(=O)NC[C@H](c1cccs1)N1CCOCC1)n1cncn1. The van der Waals surface area contributed by atoms with Gasteiger partial charge in [0.05, 0.1) is 19.3 Å². The predicted octanol–water partition coefficient (Wildman–Crippen LogP) is 1.09. The molecule has 3 rings (SSSR count). The van der Waals surface area contributed by atoms with Crippen molar-refractivity contribution in [2.45, 2.75) is 19.0 Å². The number of carbonyl (C=O) groups excluding carboxylic acids is 1. The fraction of sp³-hybridized carbons (Fsp3) is 0.533. The van der Waals surface area contributed by atoms with Crippen molar-refractivity contribution >= 4 is 17.2 Å². The number of thiophene rings is 1. The van der Waals surface area contributed by atoms with Gasteiger partial charge in [0, 0.05) is 24.5 Å². The summed E-state index contributed by atoms with van der Waals surface area (Å²) in [6, 6.07) is 3.99. The van der Waals surface area contributed by atoms with Crippen LogP contribution in [0.5, 0.6) is 0 Å². The predicted molar refractivity (Wildman–Crippen MR) is 87.2 cm³/mol. The third-order valence-corrected chi connectivity index (χ3v) is 5.01. The first-order valence-electron chi connectivity index (χ1n) is 7.72. The molecule has 2 atom stereocenters. The molecule has 1 saturated heterocycles. The molecule has 1 fully saturated rings. The molecule has 23 heavy (non-hydrogen) atoms. The van der Waals surface area contributed by atoms with Crippen LogP contribution in [0.25, 0.3) is 0 Å². The molecule has 1 aliphatic heterocycles. The summed E-state index contributed by atoms with van der Waals surface area (Å²) in [6.07, 6.45) is 2.99. The highest BCUT2D eigenvalue weighted by Crippen LogP contribution is 2.25. The molecule has 3 heterocycles. The van der Waals surface area contributed by atoms with E-state index in [9.17, 15) is 4.79 Å². The Bertz CT molecular complexity index is 595. The molecule has 1 amide bonds. The second-order valence-corrected chi connectivity index (χ2v) is 6.46. The Balaban J connectivity index is 1.63. The zero-order chi connectivity index (χ0) is 16.1. The molecule has 1 aliphatic rings. The second-order valence-electron chi connectivity index (χ2n) is 5.48. The van der Waals surface area contributed by atoms with Crippen molar-refractivity contribution in [1.82, 2.24) is 25.0 Å². The smallest absolute Gasteiger partial charge is 0.244 e. The van der Waals surface area contributed by atoms with Crippen LogP contribution >= 0.6 is 11.3 Å². The van der Waals surface area contributed by atoms with Gasteiger partial charge in [-0.25, -0.2) is 9.67 Å². The van der Waals surface area contributed by atoms with Gasteiger partial charge in [0.25, 0.3) is 0 Å². The molecule has 0 aromatic carbocycles. The molecule has 0 unspecified atom stereocenters. The largest absolute Gasteiger partial charge is 0.379 e. The molecule has 0 radical (unpaired) electrons. The van der Waals surface area contributed by atoms with Gasteiger partial charge in [-0.3, -0.25) is 9.69 Å². The number of nitrogens with one attached hydrogen (secondary N) is 1. The van der Waals surface area contributed by atoms with Gasteiger partial charge in [0.2, 0.25) is 5.91 Å². The lowest BCUT2D eigenvalue weighted by atomic mass is 10.2. The summed E-state index contributed by atoms with van der Waals surface area (Å²) in [5.41, 5.74) is 0. The molecule has 0 bridgehead atoms. The highest BCUT2D eigenvalue weighted by molar-refractivity contribution is 7.10. The number of aromatic nitrogens is 3. The number of amides is 1. The van der Waals surface area contributed by atoms with Crippen molar-refractivity contribution in [2.24, 2.45) is 0 Å². The van der Waals surface area contributed by atoms with E-state index in [1.54, 1.807) is 22.3 Å². The number of rotatable bonds is 6. The Kier molecular flexibility index (Phi) is 5.37. The van der Waals surface area contributed by atoms with Crippen LogP contribution in [0.4, 0.5) is 0 Å². The van der Waals surface area contributed by atoms with Crippen LogP contribution in [0.2, 0.25) is 0 Å². The van der Waals surface area contributed by atoms with E-state index >= 15 is 0 Å². The minimum atomic E-state index is -0.369. The normalized spacial score (nSPS) is 18.5. The first-order chi connectivity index (χ1) is 11.3. The number of nitrogens with zero attached hydrogens (tertiary/aromatic N) is 4. The number of morpholine rings is 1. The number of carbonyl (C=O) groups is 1. The van der Waals surface area contributed by atoms with E-state index in [4.69, 9.17) is 4.74 Å². The minimum absolute atomic E-state index is 0.0506. The fourth-order valence-corrected chi connectivity index (χ4v) is 3.52. The summed E-state index contributed by atoms with van der Waals surface area (Å²) in [5, 5.41) is 9.15. The van der Waals surface area contributed by atoms with E-state index < -0.39 is 0 Å². The van der Waals surface area contributed by atoms with Gasteiger partial charge in [-0.1, -0.05) is 6.07 Å². The maximum atomic E-state index is 12.4. The molecule has 0 saturated carbocycles. The molecule has 8 heteroatoms. The minimum Gasteiger partial charge on any atom is -0.379 e. The van der Waals surface area contributed by atoms with E-state index in [1.807, 2.05) is 13.0 Å². The van der Waals surface area contributed by atoms with Gasteiger partial charge in [-0.15, -0.1) is 11.3 Å². The molecule has 0 spiro atoms. The first kappa shape index (κ1) is 16.1. The molecular formula is C15H21N5O2S. The summed E-state index contributed by atoms with van der Waals surface area (Å²) < 4.78 is 7.00. The summed E-state index contributed by atoms with van der Waals surface area (Å²) in [7, 11) is 0. The number of hydrogen-bond acceptors (Lipinski definition) is 6. The maximum absolute atomic E-state index is 12.4. The zero-order valence-corrected chi connectivity index (χ0v) is 13.9. The third kappa shape index (κ3) is 3.95. The van der Waals surface area contributed by atoms with E-state index in [0.29, 0.717) is 6.54 Å². The summed E-state index contributed by atoms with van der Waals surface area (Å²) >= 11 is 1.72. The lowest BCUT2D eigenvalue weighted by Crippen LogP contribution is -2.44. The van der Waals surface area contributed by atoms with E-state index in [-0.39, 0.29) is 18.0 Å². The Morgan fingerprint density at radius 3 is 2.96 bits per heavy atom. The summed E-state index contributed by atoms with van der Waals surface area (Å²) in [6.45, 7) is 5.65. The van der Waals surface area contributed by atoms with Crippen LogP contribution in [0.1, 0.15) is 23.9 Å². The quantitative estimate of drug-likeness (QED) is 0.855. The monoisotopic (exact) mass is 335 g/mol. The molecule has 124 valence electrons. The summed E-state index contributed by atoms with van der Waals surface area (Å²) in [4.78, 5) is 19.9. The fourth-order valence-electron chi connectivity index (χ4n) is 2.66. The molecule has 1 N–H and O–H groups in total. The van der Waals surface area contributed by atoms with Crippen molar-refractivity contribution in [3.05, 3.63) is 35.0 Å². The lowest BCUT2D eigenvalue weighted by molar-refractivity contribution is -0.124. The zero-order valence-electron chi connectivity index (χ0n) is 13.1. The van der Waals surface area contributed by atoms with Gasteiger partial charge in [0.15, 0.2) is 0 Å². The van der Waals surface area contributed by atoms with Crippen molar-refractivity contribution < 1.29 is 9.53 Å². The highest BCUT2D eigenvalue weighted by Gasteiger charge is 2.25. The number of hydrogen-bond donors (Lipinski definition) is 1. The Hall–Kier alpha value is -1.77. The number of ether oxygens (including phenoxy) is 1. The molecule has 2 aromatic heterocycles. The Labute approximate surface area is 139 Å². The van der Waals surface area contributed by atoms with Gasteiger partial charge < -0.3 is 10.1 Å². The van der Waals surface area contributed by atoms with Gasteiger partial charge in [-0.2, -0.15) is 5.10 Å². The van der Waals surface area contributed by atoms with Crippen LogP contribution in [0.15, 0.2) is 30.2 Å². The molecule has 0 aliphatic carbocycles. The van der Waals surface area contributed by atoms with E-state index in [1.165, 1.54) is 11.2 Å². The first-order valence-corrected chi connectivity index (χ1v) is 8.60. The van der Waals surface area contributed by atoms with Crippen molar-refractivity contribution in [2.75, 3.05) is 32.8 Å². The van der Waals surface area contributed by atoms with Crippen molar-refractivity contribution in [3.8, 4) is 0 Å². The van der Waals surface area contributed by atoms with Crippen molar-refractivity contribution in [3.63, 3.8) is 0 Å². The average Bonchev–Trinajstić information content (AvgIpc) is 3.29. The highest BCUT2D eigenvalue weighted by atomic mass is 32.1. The van der Waals surface area contributed by atoms with Gasteiger partial charge in [-0.05, 0) is 18.4 Å². The van der Waals surface area contributed by atoms with Crippen LogP contribution in [-0.2, 0) is 9.53 Å². The molecule has 7 nitrogen and oxygen atoms in total. The summed E-state index contributed by atoms with van der Waals surface area (Å²) in [5.74, 6) is -0.0506.